The third-order valence-electron chi connectivity index (χ3n) is 1.47. The highest BCUT2D eigenvalue weighted by Crippen LogP contribution is 2.27. The Labute approximate surface area is 83.6 Å². The first-order valence-corrected chi connectivity index (χ1v) is 5.04. The molecule has 0 unspecified atom stereocenters. The van der Waals surface area contributed by atoms with Crippen molar-refractivity contribution in [2.24, 2.45) is 0 Å². The van der Waals surface area contributed by atoms with Crippen LogP contribution in [0.4, 0.5) is 13.2 Å². The molecular formula is C7H5F3NO3S-. The molecule has 1 aromatic carbocycles. The van der Waals surface area contributed by atoms with Crippen LogP contribution in [0.2, 0.25) is 0 Å². The van der Waals surface area contributed by atoms with Crippen molar-refractivity contribution in [3.8, 4) is 0 Å². The summed E-state index contributed by atoms with van der Waals surface area (Å²) in [7, 11) is -5.04. The van der Waals surface area contributed by atoms with E-state index in [4.69, 9.17) is 0 Å². The van der Waals surface area contributed by atoms with Gasteiger partial charge in [0.2, 0.25) is 10.0 Å². The minimum atomic E-state index is -5.46. The zero-order valence-corrected chi connectivity index (χ0v) is 7.92. The summed E-state index contributed by atoms with van der Waals surface area (Å²) >= 11 is 0. The van der Waals surface area contributed by atoms with Crippen LogP contribution in [-0.2, 0) is 10.0 Å². The van der Waals surface area contributed by atoms with Gasteiger partial charge in [0.25, 0.3) is 0 Å². The molecule has 0 N–H and O–H groups in total. The molecule has 1 rings (SSSR count). The normalized spacial score (nSPS) is 13.1. The molecule has 0 amide bonds. The number of hydrogen-bond acceptors (Lipinski definition) is 3. The fourth-order valence-electron chi connectivity index (χ4n) is 0.824. The maximum Gasteiger partial charge on any atom is 0.461 e. The van der Waals surface area contributed by atoms with Crippen LogP contribution in [-0.4, -0.2) is 19.2 Å². The van der Waals surface area contributed by atoms with Crippen LogP contribution in [0.3, 0.4) is 0 Å². The van der Waals surface area contributed by atoms with Gasteiger partial charge in [-0.1, -0.05) is 18.2 Å². The molecule has 0 fully saturated rings. The minimum absolute atomic E-state index is 0.697. The van der Waals surface area contributed by atoms with Crippen LogP contribution in [0.15, 0.2) is 35.2 Å². The van der Waals surface area contributed by atoms with Gasteiger partial charge in [-0.15, -0.1) is 0 Å². The highest BCUT2D eigenvalue weighted by Gasteiger charge is 2.38. The second-order valence-corrected chi connectivity index (χ2v) is 4.27. The Hall–Kier alpha value is -1.12. The van der Waals surface area contributed by atoms with Crippen molar-refractivity contribution < 1.29 is 21.6 Å². The van der Waals surface area contributed by atoms with Gasteiger partial charge < -0.3 is 5.21 Å². The fraction of sp³-hybridized carbons (Fsp3) is 0.143. The molecule has 0 heterocycles. The van der Waals surface area contributed by atoms with Crippen molar-refractivity contribution in [2.75, 3.05) is 0 Å². The number of hydroxylamine groups is 1. The molecule has 0 aliphatic rings. The van der Waals surface area contributed by atoms with Crippen molar-refractivity contribution in [1.82, 2.24) is 4.47 Å². The number of hydrogen-bond donors (Lipinski definition) is 0. The van der Waals surface area contributed by atoms with Gasteiger partial charge in [0.1, 0.15) is 0 Å². The number of benzene rings is 1. The van der Waals surface area contributed by atoms with Crippen LogP contribution >= 0.6 is 0 Å². The predicted octanol–water partition coefficient (Wildman–Crippen LogP) is 1.69. The van der Waals surface area contributed by atoms with E-state index in [1.54, 1.807) is 0 Å². The van der Waals surface area contributed by atoms with E-state index in [1.165, 1.54) is 18.2 Å². The average molecular weight is 240 g/mol. The molecule has 1 aromatic rings. The molecule has 0 radical (unpaired) electrons. The van der Waals surface area contributed by atoms with Crippen molar-refractivity contribution in [3.05, 3.63) is 35.5 Å². The Morgan fingerprint density at radius 3 is 2.00 bits per heavy atom. The number of sulfonamides is 1. The van der Waals surface area contributed by atoms with E-state index < -0.39 is 25.7 Å². The largest absolute Gasteiger partial charge is 0.766 e. The second-order valence-electron chi connectivity index (χ2n) is 2.51. The molecule has 0 aliphatic heterocycles. The molecule has 0 aromatic heterocycles. The lowest BCUT2D eigenvalue weighted by Gasteiger charge is -2.28. The second kappa shape index (κ2) is 3.80. The van der Waals surface area contributed by atoms with Gasteiger partial charge in [0.05, 0.1) is 4.90 Å². The molecule has 84 valence electrons. The Balaban J connectivity index is 3.16. The van der Waals surface area contributed by atoms with Crippen LogP contribution < -0.4 is 0 Å². The zero-order chi connectivity index (χ0) is 11.7. The highest BCUT2D eigenvalue weighted by atomic mass is 32.2. The third-order valence-corrected chi connectivity index (χ3v) is 2.98. The molecule has 15 heavy (non-hydrogen) atoms. The lowest BCUT2D eigenvalue weighted by atomic mass is 10.4. The van der Waals surface area contributed by atoms with E-state index in [2.05, 4.69) is 0 Å². The third kappa shape index (κ3) is 2.46. The Kier molecular flexibility index (Phi) is 3.03. The van der Waals surface area contributed by atoms with Crippen molar-refractivity contribution in [1.29, 1.82) is 0 Å². The molecule has 4 nitrogen and oxygen atoms in total. The summed E-state index contributed by atoms with van der Waals surface area (Å²) in [5, 5.41) is 10.5. The van der Waals surface area contributed by atoms with Gasteiger partial charge in [-0.05, 0) is 12.1 Å². The highest BCUT2D eigenvalue weighted by molar-refractivity contribution is 7.89. The number of alkyl halides is 3. The Morgan fingerprint density at radius 1 is 1.13 bits per heavy atom. The molecular weight excluding hydrogens is 235 g/mol. The first-order chi connectivity index (χ1) is 6.76. The Morgan fingerprint density at radius 2 is 1.60 bits per heavy atom. The van der Waals surface area contributed by atoms with Crippen molar-refractivity contribution >= 4 is 10.0 Å². The Bertz CT molecular complexity index is 429. The molecule has 8 heteroatoms. The maximum atomic E-state index is 11.9. The lowest BCUT2D eigenvalue weighted by Crippen LogP contribution is -2.37. The fourth-order valence-corrected chi connectivity index (χ4v) is 1.79. The summed E-state index contributed by atoms with van der Waals surface area (Å²) in [6.07, 6.45) is -5.46. The van der Waals surface area contributed by atoms with E-state index in [0.29, 0.717) is 0 Å². The van der Waals surface area contributed by atoms with Gasteiger partial charge in [-0.3, -0.25) is 0 Å². The number of halogens is 3. The molecule has 0 spiro atoms. The van der Waals surface area contributed by atoms with Gasteiger partial charge in [-0.2, -0.15) is 17.6 Å². The van der Waals surface area contributed by atoms with Crippen LogP contribution in [0.1, 0.15) is 0 Å². The van der Waals surface area contributed by atoms with E-state index in [1.807, 2.05) is 0 Å². The summed E-state index contributed by atoms with van der Waals surface area (Å²) in [5.74, 6) is 0. The first kappa shape index (κ1) is 12.0. The van der Waals surface area contributed by atoms with Crippen molar-refractivity contribution in [3.63, 3.8) is 0 Å². The topological polar surface area (TPSA) is 60.4 Å². The van der Waals surface area contributed by atoms with Gasteiger partial charge in [-0.25, -0.2) is 8.42 Å². The molecule has 0 bridgehead atoms. The lowest BCUT2D eigenvalue weighted by molar-refractivity contribution is -0.195. The number of rotatable bonds is 2. The van der Waals surface area contributed by atoms with Gasteiger partial charge in [0.15, 0.2) is 0 Å². The summed E-state index contributed by atoms with van der Waals surface area (Å²) < 4.78 is 55.9. The summed E-state index contributed by atoms with van der Waals surface area (Å²) in [5.41, 5.74) is 0. The van der Waals surface area contributed by atoms with Crippen molar-refractivity contribution in [2.45, 2.75) is 11.2 Å². The summed E-state index contributed by atoms with van der Waals surface area (Å²) in [6.45, 7) is 0. The first-order valence-electron chi connectivity index (χ1n) is 3.60. The van der Waals surface area contributed by atoms with Crippen LogP contribution in [0, 0.1) is 5.21 Å². The average Bonchev–Trinajstić information content (AvgIpc) is 2.16. The summed E-state index contributed by atoms with van der Waals surface area (Å²) in [6, 6.07) is 5.67. The molecule has 0 saturated heterocycles. The maximum absolute atomic E-state index is 11.9. The smallest absolute Gasteiger partial charge is 0.461 e. The standard InChI is InChI=1S/C7H5F3NO3S/c8-7(9,10)11(12)15(13,14)6-4-2-1-3-5-6/h1-5H/q-1. The number of nitrogens with zero attached hydrogens (tertiary/aromatic N) is 1. The molecule has 0 atom stereocenters. The molecule has 0 saturated carbocycles. The summed E-state index contributed by atoms with van der Waals surface area (Å²) in [4.78, 5) is -0.697. The monoisotopic (exact) mass is 240 g/mol. The van der Waals surface area contributed by atoms with Gasteiger partial charge >= 0.3 is 6.30 Å². The molecule has 0 aliphatic carbocycles. The van der Waals surface area contributed by atoms with Crippen LogP contribution in [0.25, 0.3) is 0 Å². The van der Waals surface area contributed by atoms with E-state index in [-0.39, 0.29) is 0 Å². The van der Waals surface area contributed by atoms with E-state index >= 15 is 0 Å². The predicted molar refractivity (Wildman–Crippen MR) is 44.9 cm³/mol. The SMILES string of the molecule is O=S(=O)(c1ccccc1)N([O-])C(F)(F)F. The van der Waals surface area contributed by atoms with E-state index in [9.17, 15) is 26.8 Å². The van der Waals surface area contributed by atoms with Gasteiger partial charge in [0, 0.05) is 0 Å². The van der Waals surface area contributed by atoms with E-state index in [0.717, 1.165) is 12.1 Å². The minimum Gasteiger partial charge on any atom is -0.766 e. The van der Waals surface area contributed by atoms with Crippen LogP contribution in [0.5, 0.6) is 0 Å². The zero-order valence-electron chi connectivity index (χ0n) is 7.10. The quantitative estimate of drug-likeness (QED) is 0.583.